The molecule has 1 atom stereocenters. The Balaban J connectivity index is 1.51. The van der Waals surface area contributed by atoms with Crippen LogP contribution in [0.5, 0.6) is 5.75 Å². The fourth-order valence-corrected chi connectivity index (χ4v) is 5.10. The molecule has 2 aromatic rings. The quantitative estimate of drug-likeness (QED) is 0.630. The summed E-state index contributed by atoms with van der Waals surface area (Å²) >= 11 is 1.66. The van der Waals surface area contributed by atoms with Crippen molar-refractivity contribution in [3.8, 4) is 5.75 Å². The van der Waals surface area contributed by atoms with Gasteiger partial charge in [0, 0.05) is 35.9 Å². The summed E-state index contributed by atoms with van der Waals surface area (Å²) in [7, 11) is 1.59. The Kier molecular flexibility index (Phi) is 7.14. The first-order valence-electron chi connectivity index (χ1n) is 10.8. The molecule has 1 N–H and O–H groups in total. The lowest BCUT2D eigenvalue weighted by molar-refractivity contribution is -0.119. The van der Waals surface area contributed by atoms with Crippen molar-refractivity contribution >= 4 is 35.0 Å². The maximum absolute atomic E-state index is 13.1. The topological polar surface area (TPSA) is 67.9 Å². The van der Waals surface area contributed by atoms with Crippen molar-refractivity contribution in [3.05, 3.63) is 48.0 Å². The van der Waals surface area contributed by atoms with E-state index in [9.17, 15) is 9.59 Å². The van der Waals surface area contributed by atoms with Crippen molar-refractivity contribution in [1.82, 2.24) is 0 Å². The summed E-state index contributed by atoms with van der Waals surface area (Å²) in [4.78, 5) is 28.2. The Morgan fingerprint density at radius 3 is 2.87 bits per heavy atom. The molecule has 2 aliphatic rings. The number of nitrogens with zero attached hydrogens (tertiary/aromatic N) is 1. The second-order valence-electron chi connectivity index (χ2n) is 7.79. The molecule has 2 heterocycles. The van der Waals surface area contributed by atoms with Crippen molar-refractivity contribution in [1.29, 1.82) is 0 Å². The van der Waals surface area contributed by atoms with Crippen LogP contribution in [0.2, 0.25) is 0 Å². The Hall–Kier alpha value is -2.51. The van der Waals surface area contributed by atoms with Crippen LogP contribution in [-0.4, -0.2) is 43.9 Å². The Labute approximate surface area is 187 Å². The first kappa shape index (κ1) is 21.7. The minimum absolute atomic E-state index is 0.0869. The molecule has 0 aliphatic carbocycles. The number of hydrogen-bond acceptors (Lipinski definition) is 5. The molecule has 0 saturated carbocycles. The monoisotopic (exact) mass is 440 g/mol. The van der Waals surface area contributed by atoms with Crippen molar-refractivity contribution in [2.24, 2.45) is 0 Å². The van der Waals surface area contributed by atoms with Crippen molar-refractivity contribution in [2.45, 2.75) is 43.1 Å². The summed E-state index contributed by atoms with van der Waals surface area (Å²) in [5.74, 6) is 1.38. The molecule has 31 heavy (non-hydrogen) atoms. The van der Waals surface area contributed by atoms with E-state index >= 15 is 0 Å². The van der Waals surface area contributed by atoms with Crippen molar-refractivity contribution in [3.63, 3.8) is 0 Å². The lowest BCUT2D eigenvalue weighted by Gasteiger charge is -2.28. The molecule has 4 rings (SSSR count). The van der Waals surface area contributed by atoms with E-state index in [0.29, 0.717) is 35.7 Å². The second-order valence-corrected chi connectivity index (χ2v) is 8.85. The molecule has 0 radical (unpaired) electrons. The lowest BCUT2D eigenvalue weighted by atomic mass is 10.1. The molecule has 1 unspecified atom stereocenters. The highest BCUT2D eigenvalue weighted by atomic mass is 32.2. The molecule has 7 heteroatoms. The number of amides is 2. The number of ether oxygens (including phenoxy) is 2. The maximum atomic E-state index is 13.1. The molecule has 164 valence electrons. The molecule has 0 aromatic heterocycles. The van der Waals surface area contributed by atoms with Gasteiger partial charge in [0.2, 0.25) is 5.91 Å². The number of methoxy groups -OCH3 is 1. The zero-order valence-corrected chi connectivity index (χ0v) is 18.6. The van der Waals surface area contributed by atoms with Crippen LogP contribution in [0.3, 0.4) is 0 Å². The SMILES string of the molecule is COc1ccc(NC(=O)c2ccccc2SCC2CCCO2)cc1N1CCCCC1=O. The standard InChI is InChI=1S/C24H28N2O4S/c1-29-21-12-11-17(15-20(21)26-13-5-4-10-23(26)27)25-24(28)19-8-2-3-9-22(19)31-16-18-7-6-14-30-18/h2-3,8-9,11-12,15,18H,4-7,10,13-14,16H2,1H3,(H,25,28). The van der Waals surface area contributed by atoms with E-state index in [2.05, 4.69) is 5.32 Å². The number of nitrogens with one attached hydrogen (secondary N) is 1. The fourth-order valence-electron chi connectivity index (χ4n) is 3.98. The van der Waals surface area contributed by atoms with E-state index in [-0.39, 0.29) is 17.9 Å². The third kappa shape index (κ3) is 5.22. The van der Waals surface area contributed by atoms with Gasteiger partial charge < -0.3 is 19.7 Å². The van der Waals surface area contributed by atoms with Gasteiger partial charge in [-0.05, 0) is 56.0 Å². The third-order valence-electron chi connectivity index (χ3n) is 5.63. The summed E-state index contributed by atoms with van der Waals surface area (Å²) in [6.45, 7) is 1.49. The van der Waals surface area contributed by atoms with Crippen LogP contribution in [-0.2, 0) is 9.53 Å². The molecule has 2 aromatic carbocycles. The molecule has 2 aliphatic heterocycles. The molecule has 2 fully saturated rings. The molecule has 2 saturated heterocycles. The molecular weight excluding hydrogens is 412 g/mol. The number of thioether (sulfide) groups is 1. The van der Waals surface area contributed by atoms with Crippen molar-refractivity contribution in [2.75, 3.05) is 36.2 Å². The molecule has 0 bridgehead atoms. The summed E-state index contributed by atoms with van der Waals surface area (Å²) < 4.78 is 11.2. The maximum Gasteiger partial charge on any atom is 0.256 e. The van der Waals surface area contributed by atoms with E-state index in [1.54, 1.807) is 35.9 Å². The Morgan fingerprint density at radius 2 is 2.10 bits per heavy atom. The van der Waals surface area contributed by atoms with Crippen LogP contribution in [0.25, 0.3) is 0 Å². The zero-order valence-electron chi connectivity index (χ0n) is 17.8. The van der Waals surface area contributed by atoms with Gasteiger partial charge in [0.25, 0.3) is 5.91 Å². The van der Waals surface area contributed by atoms with Crippen LogP contribution in [0, 0.1) is 0 Å². The van der Waals surface area contributed by atoms with Crippen molar-refractivity contribution < 1.29 is 19.1 Å². The summed E-state index contributed by atoms with van der Waals surface area (Å²) in [5, 5.41) is 3.00. The number of piperidine rings is 1. The summed E-state index contributed by atoms with van der Waals surface area (Å²) in [6.07, 6.45) is 4.84. The van der Waals surface area contributed by atoms with Gasteiger partial charge in [-0.25, -0.2) is 0 Å². The highest BCUT2D eigenvalue weighted by molar-refractivity contribution is 7.99. The van der Waals surface area contributed by atoms with Gasteiger partial charge in [0.15, 0.2) is 0 Å². The number of carbonyl (C=O) groups excluding carboxylic acids is 2. The lowest BCUT2D eigenvalue weighted by Crippen LogP contribution is -2.35. The molecule has 0 spiro atoms. The third-order valence-corrected chi connectivity index (χ3v) is 6.84. The minimum Gasteiger partial charge on any atom is -0.495 e. The Bertz CT molecular complexity index is 943. The van der Waals surface area contributed by atoms with Gasteiger partial charge in [0.1, 0.15) is 5.75 Å². The van der Waals surface area contributed by atoms with Gasteiger partial charge in [-0.15, -0.1) is 11.8 Å². The normalized spacial score (nSPS) is 18.8. The van der Waals surface area contributed by atoms with Gasteiger partial charge in [-0.3, -0.25) is 9.59 Å². The van der Waals surface area contributed by atoms with E-state index in [1.807, 2.05) is 30.3 Å². The zero-order chi connectivity index (χ0) is 21.6. The number of carbonyl (C=O) groups is 2. The van der Waals surface area contributed by atoms with Crippen LogP contribution < -0.4 is 15.0 Å². The number of anilines is 2. The predicted molar refractivity (Wildman–Crippen MR) is 123 cm³/mol. The average molecular weight is 441 g/mol. The number of benzene rings is 2. The highest BCUT2D eigenvalue weighted by Crippen LogP contribution is 2.34. The van der Waals surface area contributed by atoms with E-state index < -0.39 is 0 Å². The first-order valence-corrected chi connectivity index (χ1v) is 11.8. The van der Waals surface area contributed by atoms with Gasteiger partial charge in [-0.2, -0.15) is 0 Å². The van der Waals surface area contributed by atoms with Crippen LogP contribution in [0.1, 0.15) is 42.5 Å². The summed E-state index contributed by atoms with van der Waals surface area (Å²) in [6, 6.07) is 13.1. The predicted octanol–water partition coefficient (Wildman–Crippen LogP) is 4.74. The molecular formula is C24H28N2O4S. The van der Waals surface area contributed by atoms with E-state index in [1.165, 1.54) is 0 Å². The molecule has 2 amide bonds. The minimum atomic E-state index is -0.170. The van der Waals surface area contributed by atoms with Crippen LogP contribution >= 0.6 is 11.8 Å². The van der Waals surface area contributed by atoms with E-state index in [4.69, 9.17) is 9.47 Å². The van der Waals surface area contributed by atoms with Crippen LogP contribution in [0.4, 0.5) is 11.4 Å². The molecule has 6 nitrogen and oxygen atoms in total. The summed E-state index contributed by atoms with van der Waals surface area (Å²) in [5.41, 5.74) is 1.97. The first-order chi connectivity index (χ1) is 15.2. The average Bonchev–Trinajstić information content (AvgIpc) is 3.32. The van der Waals surface area contributed by atoms with Gasteiger partial charge in [-0.1, -0.05) is 12.1 Å². The fraction of sp³-hybridized carbons (Fsp3) is 0.417. The van der Waals surface area contributed by atoms with Crippen LogP contribution in [0.15, 0.2) is 47.4 Å². The van der Waals surface area contributed by atoms with Gasteiger partial charge in [0.05, 0.1) is 24.5 Å². The number of hydrogen-bond donors (Lipinski definition) is 1. The number of rotatable bonds is 7. The smallest absolute Gasteiger partial charge is 0.256 e. The van der Waals surface area contributed by atoms with E-state index in [0.717, 1.165) is 42.9 Å². The Morgan fingerprint density at radius 1 is 1.23 bits per heavy atom. The largest absolute Gasteiger partial charge is 0.495 e. The van der Waals surface area contributed by atoms with Gasteiger partial charge >= 0.3 is 0 Å². The highest BCUT2D eigenvalue weighted by Gasteiger charge is 2.23. The second kappa shape index (κ2) is 10.2.